The van der Waals surface area contributed by atoms with Crippen LogP contribution in [0.25, 0.3) is 0 Å². The second-order valence-electron chi connectivity index (χ2n) is 4.74. The van der Waals surface area contributed by atoms with Crippen molar-refractivity contribution in [3.63, 3.8) is 0 Å². The monoisotopic (exact) mass is 460 g/mol. The van der Waals surface area contributed by atoms with Crippen molar-refractivity contribution in [2.24, 2.45) is 0 Å². The summed E-state index contributed by atoms with van der Waals surface area (Å²) in [6.07, 6.45) is -0.760. The third-order valence-corrected chi connectivity index (χ3v) is 5.10. The van der Waals surface area contributed by atoms with Crippen molar-refractivity contribution >= 4 is 55.0 Å². The second-order valence-corrected chi connectivity index (χ2v) is 8.06. The Morgan fingerprint density at radius 2 is 1.91 bits per heavy atom. The topological polar surface area (TPSA) is 67.4 Å². The van der Waals surface area contributed by atoms with Crippen molar-refractivity contribution in [2.75, 3.05) is 0 Å². The number of thiophene rings is 1. The van der Waals surface area contributed by atoms with Gasteiger partial charge in [-0.15, -0.1) is 11.3 Å². The Hall–Kier alpha value is -1.38. The highest BCUT2D eigenvalue weighted by Crippen LogP contribution is 2.26. The molecule has 5 nitrogen and oxygen atoms in total. The number of carbonyl (C=O) groups excluding carboxylic acids is 2. The summed E-state index contributed by atoms with van der Waals surface area (Å²) >= 11 is 7.95. The zero-order chi connectivity index (χ0) is 17.0. The lowest BCUT2D eigenvalue weighted by Gasteiger charge is -2.16. The van der Waals surface area contributed by atoms with Crippen molar-refractivity contribution in [2.45, 2.75) is 20.0 Å². The lowest BCUT2D eigenvalue weighted by Crippen LogP contribution is -2.47. The third-order valence-electron chi connectivity index (χ3n) is 2.86. The fraction of sp³-hybridized carbons (Fsp3) is 0.200. The Labute approximate surface area is 154 Å². The van der Waals surface area contributed by atoms with Crippen molar-refractivity contribution in [1.29, 1.82) is 0 Å². The fourth-order valence-corrected chi connectivity index (χ4v) is 3.53. The first-order chi connectivity index (χ1) is 10.9. The van der Waals surface area contributed by atoms with Gasteiger partial charge in [0.15, 0.2) is 6.10 Å². The molecule has 0 bridgehead atoms. The first-order valence-electron chi connectivity index (χ1n) is 6.65. The molecule has 8 heteroatoms. The standard InChI is InChI=1S/C15H14Br2N2O3S/c1-8-3-4-11(10(16)7-8)22-9(2)14(20)18-19-15(21)12-5-6-13(17)23-12/h3-7,9H,1-2H3,(H,18,20)(H,19,21). The van der Waals surface area contributed by atoms with E-state index in [1.165, 1.54) is 11.3 Å². The van der Waals surface area contributed by atoms with E-state index in [9.17, 15) is 9.59 Å². The van der Waals surface area contributed by atoms with Crippen molar-refractivity contribution in [3.05, 3.63) is 49.0 Å². The molecular formula is C15H14Br2N2O3S. The Morgan fingerprint density at radius 1 is 1.17 bits per heavy atom. The first-order valence-corrected chi connectivity index (χ1v) is 9.05. The molecule has 1 aromatic carbocycles. The molecule has 0 saturated heterocycles. The number of amides is 2. The van der Waals surface area contributed by atoms with Gasteiger partial charge >= 0.3 is 0 Å². The van der Waals surface area contributed by atoms with Crippen LogP contribution in [0.5, 0.6) is 5.75 Å². The number of ether oxygens (including phenoxy) is 1. The third kappa shape index (κ3) is 5.05. The number of carbonyl (C=O) groups is 2. The van der Waals surface area contributed by atoms with Crippen LogP contribution in [0.2, 0.25) is 0 Å². The summed E-state index contributed by atoms with van der Waals surface area (Å²) in [5.41, 5.74) is 5.79. The van der Waals surface area contributed by atoms with E-state index < -0.39 is 12.0 Å². The molecule has 0 spiro atoms. The Morgan fingerprint density at radius 3 is 2.52 bits per heavy atom. The minimum absolute atomic E-state index is 0.377. The average Bonchev–Trinajstić information content (AvgIpc) is 2.93. The molecule has 0 saturated carbocycles. The maximum absolute atomic E-state index is 12.0. The van der Waals surface area contributed by atoms with Gasteiger partial charge in [-0.3, -0.25) is 20.4 Å². The zero-order valence-electron chi connectivity index (χ0n) is 12.4. The van der Waals surface area contributed by atoms with Crippen LogP contribution in [0.1, 0.15) is 22.2 Å². The van der Waals surface area contributed by atoms with E-state index in [2.05, 4.69) is 42.7 Å². The maximum atomic E-state index is 12.0. The minimum atomic E-state index is -0.760. The highest BCUT2D eigenvalue weighted by molar-refractivity contribution is 9.11. The number of hydrazine groups is 1. The largest absolute Gasteiger partial charge is 0.480 e. The summed E-state index contributed by atoms with van der Waals surface area (Å²) in [4.78, 5) is 24.3. The summed E-state index contributed by atoms with van der Waals surface area (Å²) in [5, 5.41) is 0. The van der Waals surface area contributed by atoms with Gasteiger partial charge in [0, 0.05) is 0 Å². The van der Waals surface area contributed by atoms with E-state index in [4.69, 9.17) is 4.74 Å². The molecule has 1 atom stereocenters. The number of hydrogen-bond acceptors (Lipinski definition) is 4. The molecule has 23 heavy (non-hydrogen) atoms. The highest BCUT2D eigenvalue weighted by Gasteiger charge is 2.17. The first kappa shape index (κ1) is 18.0. The number of halogens is 2. The Bertz CT molecular complexity index is 733. The number of hydrogen-bond donors (Lipinski definition) is 2. The molecule has 122 valence electrons. The molecule has 0 fully saturated rings. The van der Waals surface area contributed by atoms with Gasteiger partial charge in [0.25, 0.3) is 11.8 Å². The molecule has 0 radical (unpaired) electrons. The van der Waals surface area contributed by atoms with E-state index in [1.807, 2.05) is 19.1 Å². The van der Waals surface area contributed by atoms with Gasteiger partial charge in [-0.2, -0.15) is 0 Å². The van der Waals surface area contributed by atoms with Gasteiger partial charge < -0.3 is 4.74 Å². The van der Waals surface area contributed by atoms with Crippen molar-refractivity contribution in [3.8, 4) is 5.75 Å². The lowest BCUT2D eigenvalue weighted by molar-refractivity contribution is -0.128. The average molecular weight is 462 g/mol. The predicted molar refractivity (Wildman–Crippen MR) is 96.6 cm³/mol. The molecule has 2 rings (SSSR count). The van der Waals surface area contributed by atoms with Gasteiger partial charge in [-0.05, 0) is 75.5 Å². The van der Waals surface area contributed by atoms with Crippen molar-refractivity contribution in [1.82, 2.24) is 10.9 Å². The predicted octanol–water partition coefficient (Wildman–Crippen LogP) is 3.81. The molecule has 1 heterocycles. The minimum Gasteiger partial charge on any atom is -0.480 e. The lowest BCUT2D eigenvalue weighted by atomic mass is 10.2. The summed E-state index contributed by atoms with van der Waals surface area (Å²) in [6, 6.07) is 9.00. The molecule has 1 unspecified atom stereocenters. The Balaban J connectivity index is 1.88. The van der Waals surface area contributed by atoms with E-state index in [-0.39, 0.29) is 5.91 Å². The number of nitrogens with one attached hydrogen (secondary N) is 2. The summed E-state index contributed by atoms with van der Waals surface area (Å²) < 4.78 is 7.20. The van der Waals surface area contributed by atoms with Crippen LogP contribution in [0.15, 0.2) is 38.6 Å². The van der Waals surface area contributed by atoms with E-state index in [0.29, 0.717) is 10.6 Å². The van der Waals surface area contributed by atoms with Gasteiger partial charge in [-0.25, -0.2) is 0 Å². The van der Waals surface area contributed by atoms with Crippen LogP contribution < -0.4 is 15.6 Å². The molecule has 0 aliphatic carbocycles. The molecule has 0 aliphatic rings. The van der Waals surface area contributed by atoms with Crippen LogP contribution >= 0.6 is 43.2 Å². The van der Waals surface area contributed by atoms with E-state index in [1.54, 1.807) is 25.1 Å². The van der Waals surface area contributed by atoms with Crippen LogP contribution in [0.4, 0.5) is 0 Å². The highest BCUT2D eigenvalue weighted by atomic mass is 79.9. The second kappa shape index (κ2) is 7.94. The molecule has 2 aromatic rings. The zero-order valence-corrected chi connectivity index (χ0v) is 16.3. The molecule has 1 aromatic heterocycles. The number of rotatable bonds is 4. The molecule has 2 N–H and O–H groups in total. The quantitative estimate of drug-likeness (QED) is 0.680. The molecule has 2 amide bonds. The number of benzene rings is 1. The van der Waals surface area contributed by atoms with E-state index >= 15 is 0 Å². The summed E-state index contributed by atoms with van der Waals surface area (Å²) in [5.74, 6) is -0.258. The van der Waals surface area contributed by atoms with Crippen LogP contribution in [-0.2, 0) is 4.79 Å². The summed E-state index contributed by atoms with van der Waals surface area (Å²) in [7, 11) is 0. The molecular weight excluding hydrogens is 448 g/mol. The van der Waals surface area contributed by atoms with Gasteiger partial charge in [0.2, 0.25) is 0 Å². The summed E-state index contributed by atoms with van der Waals surface area (Å²) in [6.45, 7) is 3.57. The van der Waals surface area contributed by atoms with Crippen molar-refractivity contribution < 1.29 is 14.3 Å². The smallest absolute Gasteiger partial charge is 0.279 e. The van der Waals surface area contributed by atoms with Gasteiger partial charge in [0.1, 0.15) is 5.75 Å². The Kier molecular flexibility index (Phi) is 6.20. The maximum Gasteiger partial charge on any atom is 0.279 e. The van der Waals surface area contributed by atoms with Crippen LogP contribution in [0.3, 0.4) is 0 Å². The van der Waals surface area contributed by atoms with E-state index in [0.717, 1.165) is 13.8 Å². The van der Waals surface area contributed by atoms with Gasteiger partial charge in [-0.1, -0.05) is 6.07 Å². The fourth-order valence-electron chi connectivity index (χ4n) is 1.66. The van der Waals surface area contributed by atoms with Gasteiger partial charge in [0.05, 0.1) is 13.1 Å². The van der Waals surface area contributed by atoms with Crippen LogP contribution in [0, 0.1) is 6.92 Å². The number of aryl methyl sites for hydroxylation is 1. The normalized spacial score (nSPS) is 11.7. The molecule has 0 aliphatic heterocycles. The van der Waals surface area contributed by atoms with Crippen LogP contribution in [-0.4, -0.2) is 17.9 Å². The SMILES string of the molecule is Cc1ccc(OC(C)C(=O)NNC(=O)c2ccc(Br)s2)c(Br)c1.